The summed E-state index contributed by atoms with van der Waals surface area (Å²) in [7, 11) is 0. The average Bonchev–Trinajstić information content (AvgIpc) is 2.30. The van der Waals surface area contributed by atoms with Crippen LogP contribution in [0.4, 0.5) is 8.78 Å². The standard InChI is InChI=1S/C7H9ClF2/c8-7(10)5-3-1-2-4-6(5,7)9/h5H,1-4H2/t5-,6-,7-/m1/s1. The highest BCUT2D eigenvalue weighted by molar-refractivity contribution is 6.26. The van der Waals surface area contributed by atoms with Gasteiger partial charge in [0.05, 0.1) is 0 Å². The van der Waals surface area contributed by atoms with Crippen molar-refractivity contribution in [2.45, 2.75) is 36.5 Å². The van der Waals surface area contributed by atoms with Crippen LogP contribution in [-0.2, 0) is 0 Å². The second kappa shape index (κ2) is 1.66. The first-order valence-electron chi connectivity index (χ1n) is 3.66. The van der Waals surface area contributed by atoms with Crippen LogP contribution in [0.25, 0.3) is 0 Å². The van der Waals surface area contributed by atoms with Gasteiger partial charge in [-0.3, -0.25) is 0 Å². The van der Waals surface area contributed by atoms with Crippen molar-refractivity contribution in [3.8, 4) is 0 Å². The van der Waals surface area contributed by atoms with Crippen LogP contribution in [0.1, 0.15) is 25.7 Å². The summed E-state index contributed by atoms with van der Waals surface area (Å²) in [6, 6.07) is 0. The van der Waals surface area contributed by atoms with E-state index in [1.165, 1.54) is 0 Å². The first-order chi connectivity index (χ1) is 4.59. The molecule has 0 aromatic rings. The molecule has 3 heteroatoms. The number of fused-ring (bicyclic) bond motifs is 1. The smallest absolute Gasteiger partial charge is 0.223 e. The van der Waals surface area contributed by atoms with Crippen LogP contribution >= 0.6 is 11.6 Å². The fourth-order valence-electron chi connectivity index (χ4n) is 1.98. The highest BCUT2D eigenvalue weighted by atomic mass is 35.5. The van der Waals surface area contributed by atoms with Crippen LogP contribution in [0.2, 0.25) is 0 Å². The molecule has 58 valence electrons. The molecular weight excluding hydrogens is 158 g/mol. The molecule has 0 aliphatic heterocycles. The predicted molar refractivity (Wildman–Crippen MR) is 35.5 cm³/mol. The quantitative estimate of drug-likeness (QED) is 0.486. The monoisotopic (exact) mass is 166 g/mol. The highest BCUT2D eigenvalue weighted by Crippen LogP contribution is 2.69. The molecule has 0 saturated heterocycles. The molecule has 0 unspecified atom stereocenters. The second-order valence-corrected chi connectivity index (χ2v) is 3.83. The zero-order chi connectivity index (χ0) is 7.41. The van der Waals surface area contributed by atoms with Gasteiger partial charge in [0, 0.05) is 5.92 Å². The van der Waals surface area contributed by atoms with Crippen LogP contribution < -0.4 is 0 Å². The third-order valence-electron chi connectivity index (χ3n) is 2.74. The zero-order valence-electron chi connectivity index (χ0n) is 5.54. The van der Waals surface area contributed by atoms with E-state index >= 15 is 0 Å². The molecule has 2 rings (SSSR count). The molecular formula is C7H9ClF2. The van der Waals surface area contributed by atoms with E-state index < -0.39 is 16.7 Å². The molecule has 3 atom stereocenters. The molecule has 2 fully saturated rings. The average molecular weight is 167 g/mol. The van der Waals surface area contributed by atoms with Gasteiger partial charge in [0.1, 0.15) is 0 Å². The molecule has 2 aliphatic rings. The lowest BCUT2D eigenvalue weighted by Crippen LogP contribution is -2.12. The van der Waals surface area contributed by atoms with Crippen molar-refractivity contribution in [2.24, 2.45) is 5.92 Å². The Balaban J connectivity index is 2.20. The molecule has 0 N–H and O–H groups in total. The summed E-state index contributed by atoms with van der Waals surface area (Å²) in [5.74, 6) is -0.504. The Morgan fingerprint density at radius 1 is 1.30 bits per heavy atom. The predicted octanol–water partition coefficient (Wildman–Crippen LogP) is 2.80. The van der Waals surface area contributed by atoms with Gasteiger partial charge in [0.25, 0.3) is 0 Å². The van der Waals surface area contributed by atoms with E-state index in [9.17, 15) is 8.78 Å². The van der Waals surface area contributed by atoms with Gasteiger partial charge >= 0.3 is 0 Å². The first-order valence-corrected chi connectivity index (χ1v) is 4.03. The summed E-state index contributed by atoms with van der Waals surface area (Å²) >= 11 is 5.31. The van der Waals surface area contributed by atoms with E-state index in [0.29, 0.717) is 12.8 Å². The highest BCUT2D eigenvalue weighted by Gasteiger charge is 2.79. The number of hydrogen-bond acceptors (Lipinski definition) is 0. The Kier molecular flexibility index (Phi) is 1.13. The third kappa shape index (κ3) is 0.565. The fraction of sp³-hybridized carbons (Fsp3) is 1.00. The van der Waals surface area contributed by atoms with Gasteiger partial charge in [-0.05, 0) is 12.8 Å². The normalized spacial score (nSPS) is 59.7. The maximum absolute atomic E-state index is 13.2. The Labute approximate surface area is 63.6 Å². The number of alkyl halides is 3. The Morgan fingerprint density at radius 2 is 2.00 bits per heavy atom. The SMILES string of the molecule is F[C@]1(Cl)[C@@H]2CCCC[C@@]21F. The maximum Gasteiger partial charge on any atom is 0.223 e. The van der Waals surface area contributed by atoms with Crippen molar-refractivity contribution < 1.29 is 8.78 Å². The van der Waals surface area contributed by atoms with Crippen molar-refractivity contribution in [1.82, 2.24) is 0 Å². The molecule has 10 heavy (non-hydrogen) atoms. The summed E-state index contributed by atoms with van der Waals surface area (Å²) in [4.78, 5) is 0. The minimum Gasteiger partial charge on any atom is -0.238 e. The molecule has 0 heterocycles. The lowest BCUT2D eigenvalue weighted by molar-refractivity contribution is 0.191. The van der Waals surface area contributed by atoms with Gasteiger partial charge in [-0.2, -0.15) is 0 Å². The number of rotatable bonds is 0. The minimum absolute atomic E-state index is 0.317. The fourth-order valence-corrected chi connectivity index (χ4v) is 2.43. The molecule has 0 bridgehead atoms. The number of halogens is 3. The van der Waals surface area contributed by atoms with Crippen LogP contribution in [0, 0.1) is 5.92 Å². The summed E-state index contributed by atoms with van der Waals surface area (Å²) in [6.45, 7) is 0. The molecule has 0 nitrogen and oxygen atoms in total. The van der Waals surface area contributed by atoms with E-state index in [1.54, 1.807) is 0 Å². The Morgan fingerprint density at radius 3 is 2.40 bits per heavy atom. The maximum atomic E-state index is 13.2. The van der Waals surface area contributed by atoms with Crippen LogP contribution in [-0.4, -0.2) is 10.8 Å². The van der Waals surface area contributed by atoms with Gasteiger partial charge in [-0.25, -0.2) is 8.78 Å². The topological polar surface area (TPSA) is 0 Å². The van der Waals surface area contributed by atoms with Crippen LogP contribution in [0.5, 0.6) is 0 Å². The molecule has 0 radical (unpaired) electrons. The van der Waals surface area contributed by atoms with Gasteiger partial charge < -0.3 is 0 Å². The molecule has 0 aromatic heterocycles. The van der Waals surface area contributed by atoms with Crippen molar-refractivity contribution in [2.75, 3.05) is 0 Å². The summed E-state index contributed by atoms with van der Waals surface area (Å²) in [6.07, 6.45) is 2.65. The third-order valence-corrected chi connectivity index (χ3v) is 3.32. The molecule has 0 spiro atoms. The van der Waals surface area contributed by atoms with Gasteiger partial charge in [0.15, 0.2) is 5.67 Å². The minimum atomic E-state index is -2.01. The molecule has 2 aliphatic carbocycles. The van der Waals surface area contributed by atoms with Gasteiger partial charge in [-0.1, -0.05) is 24.4 Å². The second-order valence-electron chi connectivity index (χ2n) is 3.28. The Bertz CT molecular complexity index is 169. The van der Waals surface area contributed by atoms with Crippen molar-refractivity contribution >= 4 is 11.6 Å². The van der Waals surface area contributed by atoms with E-state index in [4.69, 9.17) is 11.6 Å². The van der Waals surface area contributed by atoms with Gasteiger partial charge in [-0.15, -0.1) is 0 Å². The van der Waals surface area contributed by atoms with Crippen molar-refractivity contribution in [3.63, 3.8) is 0 Å². The van der Waals surface area contributed by atoms with E-state index in [2.05, 4.69) is 0 Å². The lowest BCUT2D eigenvalue weighted by atomic mass is 9.99. The van der Waals surface area contributed by atoms with Gasteiger partial charge in [0.2, 0.25) is 5.13 Å². The van der Waals surface area contributed by atoms with Crippen molar-refractivity contribution in [3.05, 3.63) is 0 Å². The van der Waals surface area contributed by atoms with E-state index in [1.807, 2.05) is 0 Å². The van der Waals surface area contributed by atoms with Crippen molar-refractivity contribution in [1.29, 1.82) is 0 Å². The first kappa shape index (κ1) is 6.84. The van der Waals surface area contributed by atoms with Crippen LogP contribution in [0.15, 0.2) is 0 Å². The summed E-state index contributed by atoms with van der Waals surface area (Å²) in [5, 5.41) is -2.01. The largest absolute Gasteiger partial charge is 0.238 e. The van der Waals surface area contributed by atoms with Crippen LogP contribution in [0.3, 0.4) is 0 Å². The molecule has 0 amide bonds. The zero-order valence-corrected chi connectivity index (χ0v) is 6.30. The number of hydrogen-bond donors (Lipinski definition) is 0. The summed E-state index contributed by atoms with van der Waals surface area (Å²) < 4.78 is 26.2. The summed E-state index contributed by atoms with van der Waals surface area (Å²) in [5.41, 5.74) is -1.66. The Hall–Kier alpha value is 0.150. The molecule has 2 saturated carbocycles. The molecule has 0 aromatic carbocycles. The van der Waals surface area contributed by atoms with E-state index in [0.717, 1.165) is 12.8 Å². The van der Waals surface area contributed by atoms with E-state index in [-0.39, 0.29) is 0 Å². The lowest BCUT2D eigenvalue weighted by Gasteiger charge is -2.10.